The number of amides is 1. The first kappa shape index (κ1) is 14.0. The van der Waals surface area contributed by atoms with Crippen LogP contribution in [-0.4, -0.2) is 24.7 Å². The Kier molecular flexibility index (Phi) is 6.03. The molecule has 1 aromatic rings. The van der Waals surface area contributed by atoms with E-state index in [-0.39, 0.29) is 11.9 Å². The summed E-state index contributed by atoms with van der Waals surface area (Å²) in [6.07, 6.45) is 0.405. The summed E-state index contributed by atoms with van der Waals surface area (Å²) in [7, 11) is 1.38. The van der Waals surface area contributed by atoms with Crippen molar-refractivity contribution in [1.29, 1.82) is 0 Å². The lowest BCUT2D eigenvalue weighted by Crippen LogP contribution is -2.29. The van der Waals surface area contributed by atoms with Crippen molar-refractivity contribution in [1.82, 2.24) is 5.43 Å². The molecule has 5 nitrogen and oxygen atoms in total. The van der Waals surface area contributed by atoms with E-state index in [4.69, 9.17) is 5.84 Å². The first-order chi connectivity index (χ1) is 8.17. The Balaban J connectivity index is 2.30. The third-order valence-corrected chi connectivity index (χ3v) is 4.21. The Bertz CT molecular complexity index is 393. The molecular weight excluding hydrogens is 260 g/mol. The van der Waals surface area contributed by atoms with E-state index in [0.717, 1.165) is 10.6 Å². The number of thioether (sulfide) groups is 1. The molecule has 1 aromatic heterocycles. The summed E-state index contributed by atoms with van der Waals surface area (Å²) >= 11 is 3.03. The van der Waals surface area contributed by atoms with Crippen LogP contribution in [0.15, 0.2) is 12.1 Å². The predicted molar refractivity (Wildman–Crippen MR) is 68.8 cm³/mol. The molecule has 0 aliphatic carbocycles. The van der Waals surface area contributed by atoms with Crippen molar-refractivity contribution in [2.45, 2.75) is 12.2 Å². The molecule has 17 heavy (non-hydrogen) atoms. The molecule has 0 aliphatic rings. The van der Waals surface area contributed by atoms with Crippen molar-refractivity contribution >= 4 is 35.0 Å². The van der Waals surface area contributed by atoms with Crippen LogP contribution in [0.25, 0.3) is 0 Å². The molecule has 0 saturated carbocycles. The van der Waals surface area contributed by atoms with Gasteiger partial charge in [0.05, 0.1) is 18.4 Å². The van der Waals surface area contributed by atoms with Crippen molar-refractivity contribution in [3.05, 3.63) is 21.9 Å². The van der Waals surface area contributed by atoms with Crippen LogP contribution in [0.4, 0.5) is 0 Å². The predicted octanol–water partition coefficient (Wildman–Crippen LogP) is 1.15. The standard InChI is InChI=1S/C10H14N2O3S2/c1-15-9(13)4-5-16-6-7-2-3-8(17-7)10(14)12-11/h2-3H,4-6,11H2,1H3,(H,12,14). The van der Waals surface area contributed by atoms with Crippen molar-refractivity contribution in [3.8, 4) is 0 Å². The number of rotatable bonds is 6. The zero-order valence-electron chi connectivity index (χ0n) is 9.39. The monoisotopic (exact) mass is 274 g/mol. The Hall–Kier alpha value is -1.05. The number of thiophene rings is 1. The van der Waals surface area contributed by atoms with Crippen LogP contribution in [0.3, 0.4) is 0 Å². The van der Waals surface area contributed by atoms with Crippen LogP contribution in [0.5, 0.6) is 0 Å². The van der Waals surface area contributed by atoms with Crippen molar-refractivity contribution in [3.63, 3.8) is 0 Å². The van der Waals surface area contributed by atoms with Gasteiger partial charge in [-0.1, -0.05) is 0 Å². The fourth-order valence-corrected chi connectivity index (χ4v) is 3.02. The zero-order chi connectivity index (χ0) is 12.7. The van der Waals surface area contributed by atoms with Gasteiger partial charge in [-0.15, -0.1) is 11.3 Å². The van der Waals surface area contributed by atoms with Crippen molar-refractivity contribution in [2.24, 2.45) is 5.84 Å². The third-order valence-electron chi connectivity index (χ3n) is 1.94. The van der Waals surface area contributed by atoms with Crippen LogP contribution >= 0.6 is 23.1 Å². The van der Waals surface area contributed by atoms with E-state index >= 15 is 0 Å². The molecule has 1 heterocycles. The van der Waals surface area contributed by atoms with E-state index < -0.39 is 0 Å². The highest BCUT2D eigenvalue weighted by molar-refractivity contribution is 7.98. The molecule has 0 fully saturated rings. The number of nitrogen functional groups attached to an aromatic ring is 1. The van der Waals surface area contributed by atoms with Gasteiger partial charge < -0.3 is 4.74 Å². The zero-order valence-corrected chi connectivity index (χ0v) is 11.0. The van der Waals surface area contributed by atoms with E-state index in [0.29, 0.717) is 17.1 Å². The fraction of sp³-hybridized carbons (Fsp3) is 0.400. The number of carbonyl (C=O) groups excluding carboxylic acids is 2. The molecule has 0 aromatic carbocycles. The maximum absolute atomic E-state index is 11.2. The quantitative estimate of drug-likeness (QED) is 0.267. The number of ether oxygens (including phenoxy) is 1. The molecular formula is C10H14N2O3S2. The topological polar surface area (TPSA) is 81.4 Å². The minimum Gasteiger partial charge on any atom is -0.469 e. The van der Waals surface area contributed by atoms with Gasteiger partial charge in [-0.2, -0.15) is 11.8 Å². The minimum absolute atomic E-state index is 0.202. The number of hydrogen-bond donors (Lipinski definition) is 2. The highest BCUT2D eigenvalue weighted by atomic mass is 32.2. The van der Waals surface area contributed by atoms with Crippen LogP contribution in [0, 0.1) is 0 Å². The maximum atomic E-state index is 11.2. The minimum atomic E-state index is -0.277. The van der Waals surface area contributed by atoms with Gasteiger partial charge in [0.25, 0.3) is 5.91 Å². The molecule has 0 saturated heterocycles. The maximum Gasteiger partial charge on any atom is 0.306 e. The number of nitrogens with two attached hydrogens (primary N) is 1. The molecule has 3 N–H and O–H groups in total. The van der Waals surface area contributed by atoms with E-state index in [9.17, 15) is 9.59 Å². The first-order valence-electron chi connectivity index (χ1n) is 4.91. The molecule has 7 heteroatoms. The Morgan fingerprint density at radius 3 is 2.94 bits per heavy atom. The van der Waals surface area contributed by atoms with Gasteiger partial charge in [-0.25, -0.2) is 5.84 Å². The van der Waals surface area contributed by atoms with Crippen LogP contribution < -0.4 is 11.3 Å². The largest absolute Gasteiger partial charge is 0.469 e. The van der Waals surface area contributed by atoms with Gasteiger partial charge in [0, 0.05) is 16.4 Å². The third kappa shape index (κ3) is 4.76. The van der Waals surface area contributed by atoms with Crippen molar-refractivity contribution < 1.29 is 14.3 Å². The lowest BCUT2D eigenvalue weighted by atomic mass is 10.4. The van der Waals surface area contributed by atoms with Crippen molar-refractivity contribution in [2.75, 3.05) is 12.9 Å². The van der Waals surface area contributed by atoms with E-state index in [2.05, 4.69) is 10.2 Å². The Morgan fingerprint density at radius 1 is 1.53 bits per heavy atom. The second-order valence-electron chi connectivity index (χ2n) is 3.12. The summed E-state index contributed by atoms with van der Waals surface area (Å²) in [5.41, 5.74) is 2.09. The molecule has 1 rings (SSSR count). The Morgan fingerprint density at radius 2 is 2.29 bits per heavy atom. The van der Waals surface area contributed by atoms with Gasteiger partial charge in [-0.05, 0) is 12.1 Å². The molecule has 0 bridgehead atoms. The second kappa shape index (κ2) is 7.31. The molecule has 0 spiro atoms. The molecule has 1 amide bonds. The smallest absolute Gasteiger partial charge is 0.306 e. The number of nitrogens with one attached hydrogen (secondary N) is 1. The second-order valence-corrected chi connectivity index (χ2v) is 5.39. The Labute approximate surface area is 108 Å². The summed E-state index contributed by atoms with van der Waals surface area (Å²) in [6.45, 7) is 0. The molecule has 94 valence electrons. The average Bonchev–Trinajstić information content (AvgIpc) is 2.82. The lowest BCUT2D eigenvalue weighted by molar-refractivity contribution is -0.140. The fourth-order valence-electron chi connectivity index (χ4n) is 1.08. The highest BCUT2D eigenvalue weighted by Gasteiger charge is 2.07. The number of hydrogen-bond acceptors (Lipinski definition) is 6. The summed E-state index contributed by atoms with van der Waals surface area (Å²) < 4.78 is 4.54. The SMILES string of the molecule is COC(=O)CCSCc1ccc(C(=O)NN)s1. The number of hydrazine groups is 1. The lowest BCUT2D eigenvalue weighted by Gasteiger charge is -1.98. The number of esters is 1. The van der Waals surface area contributed by atoms with Gasteiger partial charge in [0.15, 0.2) is 0 Å². The molecule has 0 aliphatic heterocycles. The van der Waals surface area contributed by atoms with Gasteiger partial charge in [0.2, 0.25) is 0 Å². The van der Waals surface area contributed by atoms with E-state index in [1.807, 2.05) is 6.07 Å². The average molecular weight is 274 g/mol. The molecule has 0 unspecified atom stereocenters. The normalized spacial score (nSPS) is 10.0. The van der Waals surface area contributed by atoms with Gasteiger partial charge in [0.1, 0.15) is 0 Å². The molecule has 0 radical (unpaired) electrons. The molecule has 0 atom stereocenters. The van der Waals surface area contributed by atoms with Crippen LogP contribution in [0.2, 0.25) is 0 Å². The highest BCUT2D eigenvalue weighted by Crippen LogP contribution is 2.21. The number of carbonyl (C=O) groups is 2. The number of methoxy groups -OCH3 is 1. The summed E-state index contributed by atoms with van der Waals surface area (Å²) in [5, 5.41) is 0. The van der Waals surface area contributed by atoms with E-state index in [1.54, 1.807) is 17.8 Å². The van der Waals surface area contributed by atoms with Gasteiger partial charge in [-0.3, -0.25) is 15.0 Å². The van der Waals surface area contributed by atoms with Crippen LogP contribution in [-0.2, 0) is 15.3 Å². The van der Waals surface area contributed by atoms with Gasteiger partial charge >= 0.3 is 5.97 Å². The summed E-state index contributed by atoms with van der Waals surface area (Å²) in [6, 6.07) is 3.63. The summed E-state index contributed by atoms with van der Waals surface area (Å²) in [5.74, 6) is 6.04. The van der Waals surface area contributed by atoms with Crippen LogP contribution in [0.1, 0.15) is 21.0 Å². The summed E-state index contributed by atoms with van der Waals surface area (Å²) in [4.78, 5) is 23.7. The van der Waals surface area contributed by atoms with E-state index in [1.165, 1.54) is 18.4 Å². The first-order valence-corrected chi connectivity index (χ1v) is 6.88.